The average molecular weight is 452 g/mol. The zero-order valence-corrected chi connectivity index (χ0v) is 20.6. The van der Waals surface area contributed by atoms with Crippen molar-refractivity contribution in [2.45, 2.75) is 73.1 Å². The zero-order chi connectivity index (χ0) is 23.9. The van der Waals surface area contributed by atoms with Gasteiger partial charge in [-0.25, -0.2) is 9.37 Å². The number of hydrogen-bond donors (Lipinski definition) is 0. The van der Waals surface area contributed by atoms with Crippen molar-refractivity contribution in [1.82, 2.24) is 24.9 Å². The number of aryl methyl sites for hydroxylation is 1. The van der Waals surface area contributed by atoms with Crippen LogP contribution in [0.25, 0.3) is 0 Å². The molecule has 0 spiro atoms. The monoisotopic (exact) mass is 451 g/mol. The van der Waals surface area contributed by atoms with Gasteiger partial charge in [-0.2, -0.15) is 4.98 Å². The summed E-state index contributed by atoms with van der Waals surface area (Å²) < 4.78 is 23.6. The van der Waals surface area contributed by atoms with Gasteiger partial charge in [0.15, 0.2) is 12.2 Å². The summed E-state index contributed by atoms with van der Waals surface area (Å²) >= 11 is 0. The van der Waals surface area contributed by atoms with Crippen LogP contribution in [-0.4, -0.2) is 57.3 Å². The Kier molecular flexibility index (Phi) is 13.7. The molecule has 2 aliphatic rings. The third-order valence-electron chi connectivity index (χ3n) is 5.62. The summed E-state index contributed by atoms with van der Waals surface area (Å²) in [7, 11) is 0. The van der Waals surface area contributed by atoms with Gasteiger partial charge in [-0.05, 0) is 57.7 Å². The molecule has 2 aliphatic heterocycles. The highest BCUT2D eigenvalue weighted by Crippen LogP contribution is 2.21. The average Bonchev–Trinajstić information content (AvgIpc) is 3.47. The Morgan fingerprint density at radius 1 is 1.06 bits per heavy atom. The number of aromatic nitrogens is 3. The largest absolute Gasteiger partial charge is 0.447 e. The summed E-state index contributed by atoms with van der Waals surface area (Å²) in [6, 6.07) is 0. The maximum Gasteiger partial charge on any atom is 0.240 e. The Bertz CT molecular complexity index is 701. The highest BCUT2D eigenvalue weighted by Gasteiger charge is 2.26. The van der Waals surface area contributed by atoms with Crippen molar-refractivity contribution >= 4 is 0 Å². The minimum atomic E-state index is -0.702. The second kappa shape index (κ2) is 15.7. The SMILES string of the molecule is C=C.CC.CC1CCN(Cc2cnco2)C[C@H]1F.Cc1noc(CN2CCC(C)CC2)n1. The number of likely N-dealkylation sites (tertiary alicyclic amines) is 2. The Morgan fingerprint density at radius 3 is 2.25 bits per heavy atom. The van der Waals surface area contributed by atoms with Crippen molar-refractivity contribution in [1.29, 1.82) is 0 Å². The molecule has 182 valence electrons. The van der Waals surface area contributed by atoms with Crippen LogP contribution >= 0.6 is 0 Å². The summed E-state index contributed by atoms with van der Waals surface area (Å²) in [4.78, 5) is 12.5. The second-order valence-corrected chi connectivity index (χ2v) is 8.18. The molecule has 2 saturated heterocycles. The molecule has 0 radical (unpaired) electrons. The number of alkyl halides is 1. The van der Waals surface area contributed by atoms with Crippen LogP contribution in [0.3, 0.4) is 0 Å². The minimum Gasteiger partial charge on any atom is -0.447 e. The van der Waals surface area contributed by atoms with Crippen LogP contribution in [0.15, 0.2) is 34.7 Å². The quantitative estimate of drug-likeness (QED) is 0.585. The minimum absolute atomic E-state index is 0.195. The molecule has 8 heteroatoms. The summed E-state index contributed by atoms with van der Waals surface area (Å²) in [6.45, 7) is 21.4. The van der Waals surface area contributed by atoms with Crippen molar-refractivity contribution in [2.75, 3.05) is 26.2 Å². The van der Waals surface area contributed by atoms with Crippen molar-refractivity contribution in [3.05, 3.63) is 43.2 Å². The Hall–Kier alpha value is -2.06. The van der Waals surface area contributed by atoms with E-state index < -0.39 is 6.17 Å². The zero-order valence-electron chi connectivity index (χ0n) is 20.6. The third-order valence-corrected chi connectivity index (χ3v) is 5.62. The fraction of sp³-hybridized carbons (Fsp3) is 0.708. The third kappa shape index (κ3) is 10.0. The molecular weight excluding hydrogens is 409 g/mol. The molecule has 0 saturated carbocycles. The van der Waals surface area contributed by atoms with Crippen LogP contribution in [-0.2, 0) is 13.1 Å². The predicted molar refractivity (Wildman–Crippen MR) is 126 cm³/mol. The van der Waals surface area contributed by atoms with Gasteiger partial charge in [-0.3, -0.25) is 9.80 Å². The maximum absolute atomic E-state index is 13.4. The van der Waals surface area contributed by atoms with Gasteiger partial charge in [0.05, 0.1) is 19.3 Å². The van der Waals surface area contributed by atoms with Gasteiger partial charge in [0.25, 0.3) is 0 Å². The van der Waals surface area contributed by atoms with Gasteiger partial charge in [-0.1, -0.05) is 32.9 Å². The van der Waals surface area contributed by atoms with Crippen molar-refractivity contribution in [3.63, 3.8) is 0 Å². The topological polar surface area (TPSA) is 71.4 Å². The first kappa shape index (κ1) is 28.0. The Labute approximate surface area is 193 Å². The van der Waals surface area contributed by atoms with Crippen LogP contribution < -0.4 is 0 Å². The van der Waals surface area contributed by atoms with Gasteiger partial charge in [-0.15, -0.1) is 13.2 Å². The summed E-state index contributed by atoms with van der Waals surface area (Å²) in [6.07, 6.45) is 5.89. The van der Waals surface area contributed by atoms with E-state index in [1.54, 1.807) is 6.20 Å². The van der Waals surface area contributed by atoms with Gasteiger partial charge < -0.3 is 8.94 Å². The molecule has 2 aromatic heterocycles. The van der Waals surface area contributed by atoms with Crippen LogP contribution in [0.4, 0.5) is 4.39 Å². The van der Waals surface area contributed by atoms with Gasteiger partial charge in [0.2, 0.25) is 5.89 Å². The molecule has 2 fully saturated rings. The summed E-state index contributed by atoms with van der Waals surface area (Å²) in [5.74, 6) is 3.35. The van der Waals surface area contributed by atoms with Gasteiger partial charge in [0.1, 0.15) is 11.9 Å². The second-order valence-electron chi connectivity index (χ2n) is 8.18. The summed E-state index contributed by atoms with van der Waals surface area (Å²) in [5, 5.41) is 3.78. The molecule has 2 atom stereocenters. The molecule has 4 heterocycles. The first-order valence-electron chi connectivity index (χ1n) is 11.7. The molecule has 0 N–H and O–H groups in total. The molecule has 4 rings (SSSR count). The lowest BCUT2D eigenvalue weighted by molar-refractivity contribution is 0.0838. The number of oxazole rings is 1. The van der Waals surface area contributed by atoms with E-state index in [4.69, 9.17) is 8.94 Å². The molecule has 32 heavy (non-hydrogen) atoms. The number of halogens is 1. The molecule has 7 nitrogen and oxygen atoms in total. The van der Waals surface area contributed by atoms with Crippen molar-refractivity contribution in [3.8, 4) is 0 Å². The smallest absolute Gasteiger partial charge is 0.240 e. The van der Waals surface area contributed by atoms with Crippen LogP contribution in [0.5, 0.6) is 0 Å². The normalized spacial score (nSPS) is 21.9. The van der Waals surface area contributed by atoms with E-state index in [9.17, 15) is 4.39 Å². The van der Waals surface area contributed by atoms with E-state index in [1.807, 2.05) is 27.7 Å². The molecule has 0 aliphatic carbocycles. The number of piperidine rings is 2. The van der Waals surface area contributed by atoms with Gasteiger partial charge >= 0.3 is 0 Å². The Morgan fingerprint density at radius 2 is 1.72 bits per heavy atom. The van der Waals surface area contributed by atoms with E-state index >= 15 is 0 Å². The number of nitrogens with zero attached hydrogens (tertiary/aromatic N) is 5. The molecule has 0 amide bonds. The first-order chi connectivity index (χ1) is 15.5. The van der Waals surface area contributed by atoms with E-state index in [1.165, 1.54) is 19.2 Å². The van der Waals surface area contributed by atoms with Crippen LogP contribution in [0.2, 0.25) is 0 Å². The van der Waals surface area contributed by atoms with Gasteiger partial charge in [0, 0.05) is 6.54 Å². The lowest BCUT2D eigenvalue weighted by Gasteiger charge is -2.32. The first-order valence-corrected chi connectivity index (χ1v) is 11.7. The van der Waals surface area contributed by atoms with Crippen LogP contribution in [0, 0.1) is 18.8 Å². The van der Waals surface area contributed by atoms with Crippen LogP contribution in [0.1, 0.15) is 64.4 Å². The van der Waals surface area contributed by atoms with E-state index in [-0.39, 0.29) is 5.92 Å². The van der Waals surface area contributed by atoms with E-state index in [0.717, 1.165) is 56.0 Å². The van der Waals surface area contributed by atoms with Crippen molar-refractivity contribution < 1.29 is 13.3 Å². The lowest BCUT2D eigenvalue weighted by Crippen LogP contribution is -2.40. The predicted octanol–water partition coefficient (Wildman–Crippen LogP) is 5.29. The molecule has 1 unspecified atom stereocenters. The van der Waals surface area contributed by atoms with Crippen molar-refractivity contribution in [2.24, 2.45) is 11.8 Å². The molecular formula is C24H42FN5O2. The fourth-order valence-electron chi connectivity index (χ4n) is 3.58. The molecule has 0 bridgehead atoms. The molecule has 2 aromatic rings. The fourth-order valence-corrected chi connectivity index (χ4v) is 3.58. The van der Waals surface area contributed by atoms with E-state index in [2.05, 4.69) is 45.0 Å². The summed E-state index contributed by atoms with van der Waals surface area (Å²) in [5.41, 5.74) is 0. The standard InChI is InChI=1S/C10H15FN2O.C10H17N3O.C2H6.C2H4/c1-8-2-3-13(6-10(8)11)5-9-4-12-7-14-9;1-8-3-5-13(6-4-8)7-10-11-9(2)12-14-10;2*1-2/h4,7-8,10H,2-3,5-6H2,1H3;8H,3-7H2,1-2H3;1-2H3;1-2H2/t8?,10-;;;/m1.../s1. The lowest BCUT2D eigenvalue weighted by atomic mass is 9.97. The number of rotatable bonds is 4. The highest BCUT2D eigenvalue weighted by atomic mass is 19.1. The molecule has 0 aromatic carbocycles. The maximum atomic E-state index is 13.4. The highest BCUT2D eigenvalue weighted by molar-refractivity contribution is 4.90. The number of hydrogen-bond acceptors (Lipinski definition) is 7. The Balaban J connectivity index is 0.000000277. The van der Waals surface area contributed by atoms with E-state index in [0.29, 0.717) is 13.1 Å².